The van der Waals surface area contributed by atoms with Crippen molar-refractivity contribution < 1.29 is 122 Å². The maximum atomic E-state index is 13.9. The van der Waals surface area contributed by atoms with E-state index in [-0.39, 0.29) is 131 Å². The Kier molecular flexibility index (Phi) is 31.8. The molecule has 28 heteroatoms. The summed E-state index contributed by atoms with van der Waals surface area (Å²) in [6.45, 7) is 81.2. The predicted molar refractivity (Wildman–Crippen MR) is 525 cm³/mol. The molecule has 3 amide bonds. The van der Waals surface area contributed by atoms with Crippen molar-refractivity contribution in [3.05, 3.63) is 46.1 Å². The molecule has 37 atom stereocenters. The summed E-state index contributed by atoms with van der Waals surface area (Å²) in [6, 6.07) is -2.35. The van der Waals surface area contributed by atoms with Gasteiger partial charge >= 0.3 is 36.2 Å². The lowest BCUT2D eigenvalue weighted by Crippen LogP contribution is -2.77. The molecule has 4 aliphatic heterocycles. The number of alkyl carbamates (subject to hydrolysis) is 3. The van der Waals surface area contributed by atoms with E-state index >= 15 is 0 Å². The van der Waals surface area contributed by atoms with Gasteiger partial charge in [-0.05, 0) is 198 Å². The summed E-state index contributed by atoms with van der Waals surface area (Å²) in [5, 5.41) is 106. The van der Waals surface area contributed by atoms with Crippen LogP contribution in [-0.2, 0) is 66.5 Å². The standard InChI is InChI=1S/C38H61NO9.C37H63NO7.C35H59NO9/c1-14-27-46-26-16-25-36(12,18-44-25)30-22(6)38(43)17-24(20(4)28(35(38,10)11)21(5)31(47-27)37(26,30)13)45-32(41)29(40)23(15-19(2)3)39-33(42)48-34(7,8)9;1-19(2)15-25(38-32(41)45-33(8,9)10)21(4)31(40)44-26-17-37(42)24(7)29-35(13)18-43-27(35)16-20(3)36(29,14)30(39)23(6)28(22(26)5)34(37,11)12;1-17(2)13-21(36-30(41)45-31(6,7)8)26(38)29(40)44-22-15-35(42)20(5)27-33(11)16-43-24(33)14-23(37)34(27,12)28(39)19(4)25(18(22)3)32(35,9)10/h14,19,21-27,29-31,40,43H,1,15-18H2,2-13H3,(H,39,42);19-21,23-27,29-30,39,42H,15-18H2,1-14H3,(H,38,41);17,19-24,26-28,37-39,42H,13-16H2,1-12H3,(H,36,41)/t21-,22-,23-,24-,25+,26-,27?,29+,30+,31-,36+,37+,38+;20-,21+,23-,24-,25-,26-,27+,29+,30-,35+,36+,37+;19-,20-,21-,22-,23-,24+,26+,27+,28-,33+,34+,35+/m000/s1. The Labute approximate surface area is 825 Å². The zero-order valence-corrected chi connectivity index (χ0v) is 91.2. The van der Waals surface area contributed by atoms with Gasteiger partial charge in [0.2, 0.25) is 0 Å². The van der Waals surface area contributed by atoms with Crippen LogP contribution in [0.25, 0.3) is 0 Å². The Morgan fingerprint density at radius 2 is 0.732 bits per heavy atom. The molecule has 13 aliphatic rings. The maximum absolute atomic E-state index is 13.9. The van der Waals surface area contributed by atoms with Gasteiger partial charge in [-0.2, -0.15) is 0 Å². The number of esters is 3. The summed E-state index contributed by atoms with van der Waals surface area (Å²) < 4.78 is 66.4. The molecule has 0 aromatic rings. The number of carbonyl (C=O) groups excluding carboxylic acids is 6. The van der Waals surface area contributed by atoms with Crippen molar-refractivity contribution in [3.63, 3.8) is 0 Å². The van der Waals surface area contributed by atoms with Gasteiger partial charge in [0.1, 0.15) is 35.1 Å². The van der Waals surface area contributed by atoms with E-state index < -0.39 is 193 Å². The molecule has 6 saturated carbocycles. The highest BCUT2D eigenvalue weighted by Crippen LogP contribution is 2.74. The normalized spacial score (nSPS) is 42.5. The highest BCUT2D eigenvalue weighted by Gasteiger charge is 2.78. The van der Waals surface area contributed by atoms with Crippen molar-refractivity contribution in [1.29, 1.82) is 0 Å². The van der Waals surface area contributed by atoms with Gasteiger partial charge in [0.25, 0.3) is 0 Å². The Morgan fingerprint density at radius 1 is 0.428 bits per heavy atom. The molecule has 0 aromatic carbocycles. The summed E-state index contributed by atoms with van der Waals surface area (Å²) in [7, 11) is 0. The van der Waals surface area contributed by atoms with E-state index in [9.17, 15) is 69.6 Å². The smallest absolute Gasteiger partial charge is 0.407 e. The van der Waals surface area contributed by atoms with Crippen molar-refractivity contribution in [1.82, 2.24) is 16.0 Å². The number of hydrogen-bond donors (Lipinski definition) is 11. The molecule has 788 valence electrons. The molecule has 4 saturated heterocycles. The van der Waals surface area contributed by atoms with Crippen LogP contribution in [0.4, 0.5) is 14.4 Å². The third kappa shape index (κ3) is 19.3. The highest BCUT2D eigenvalue weighted by molar-refractivity contribution is 5.79. The number of hydrogen-bond acceptors (Lipinski definition) is 25. The van der Waals surface area contributed by atoms with E-state index in [4.69, 9.17) is 52.1 Å². The topological polar surface area (TPSA) is 402 Å². The summed E-state index contributed by atoms with van der Waals surface area (Å²) in [5.74, 6) is -4.42. The van der Waals surface area contributed by atoms with Crippen molar-refractivity contribution in [2.45, 2.75) is 458 Å². The third-order valence-corrected chi connectivity index (χ3v) is 38.0. The number of carbonyl (C=O) groups is 6. The zero-order chi connectivity index (χ0) is 104. The first kappa shape index (κ1) is 113. The van der Waals surface area contributed by atoms with Crippen molar-refractivity contribution in [2.75, 3.05) is 19.8 Å². The van der Waals surface area contributed by atoms with Crippen LogP contribution in [0.1, 0.15) is 321 Å². The number of ether oxygens (including phenoxy) is 11. The molecule has 0 spiro atoms. The minimum Gasteiger partial charge on any atom is -0.457 e. The summed E-state index contributed by atoms with van der Waals surface area (Å²) in [4.78, 5) is 79.3. The van der Waals surface area contributed by atoms with Crippen LogP contribution in [0.3, 0.4) is 0 Å². The molecular weight excluding hydrogens is 1760 g/mol. The number of aliphatic hydroxyl groups excluding tert-OH is 5. The van der Waals surface area contributed by atoms with E-state index in [1.807, 2.05) is 104 Å². The molecule has 13 rings (SSSR count). The van der Waals surface area contributed by atoms with E-state index in [0.717, 1.165) is 40.7 Å². The molecule has 4 heterocycles. The third-order valence-electron chi connectivity index (χ3n) is 38.0. The van der Waals surface area contributed by atoms with Gasteiger partial charge in [0, 0.05) is 105 Å². The first-order chi connectivity index (χ1) is 62.9. The van der Waals surface area contributed by atoms with Gasteiger partial charge in [-0.1, -0.05) is 196 Å². The predicted octanol–water partition coefficient (Wildman–Crippen LogP) is 16.5. The Balaban J connectivity index is 0.000000199. The largest absolute Gasteiger partial charge is 0.457 e. The van der Waals surface area contributed by atoms with E-state index in [0.29, 0.717) is 51.1 Å². The second-order valence-electron chi connectivity index (χ2n) is 52.6. The molecule has 138 heavy (non-hydrogen) atoms. The van der Waals surface area contributed by atoms with E-state index in [1.165, 1.54) is 0 Å². The van der Waals surface area contributed by atoms with Gasteiger partial charge in [-0.25, -0.2) is 24.0 Å². The fourth-order valence-corrected chi connectivity index (χ4v) is 31.2. The van der Waals surface area contributed by atoms with Crippen molar-refractivity contribution in [2.24, 2.45) is 132 Å². The first-order valence-electron chi connectivity index (χ1n) is 52.0. The number of rotatable bonds is 19. The van der Waals surface area contributed by atoms with E-state index in [1.54, 1.807) is 54.5 Å². The van der Waals surface area contributed by atoms with Crippen LogP contribution < -0.4 is 16.0 Å². The Bertz CT molecular complexity index is 4410. The summed E-state index contributed by atoms with van der Waals surface area (Å²) >= 11 is 0. The molecule has 9 aliphatic carbocycles. The molecule has 0 aromatic heterocycles. The molecule has 6 bridgehead atoms. The van der Waals surface area contributed by atoms with Gasteiger partial charge in [0.15, 0.2) is 18.5 Å². The van der Waals surface area contributed by atoms with Gasteiger partial charge in [-0.15, -0.1) is 0 Å². The average Bonchev–Trinajstić information content (AvgIpc) is 0.649. The van der Waals surface area contributed by atoms with Gasteiger partial charge < -0.3 is 109 Å². The Morgan fingerprint density at radius 3 is 1.07 bits per heavy atom. The lowest BCUT2D eigenvalue weighted by atomic mass is 9.38. The second kappa shape index (κ2) is 38.8. The lowest BCUT2D eigenvalue weighted by Gasteiger charge is -2.72. The molecule has 10 fully saturated rings. The number of nitrogens with one attached hydrogen (secondary N) is 3. The fourth-order valence-electron chi connectivity index (χ4n) is 31.2. The molecule has 11 N–H and O–H groups in total. The number of aliphatic hydroxyl groups is 8. The Hall–Kier alpha value is -5.34. The molecule has 28 nitrogen and oxygen atoms in total. The van der Waals surface area contributed by atoms with Crippen molar-refractivity contribution >= 4 is 36.2 Å². The lowest BCUT2D eigenvalue weighted by molar-refractivity contribution is -0.383. The second-order valence-corrected chi connectivity index (χ2v) is 52.6. The maximum Gasteiger partial charge on any atom is 0.407 e. The average molecular weight is 1950 g/mol. The van der Waals surface area contributed by atoms with Crippen LogP contribution in [-0.4, -0.2) is 234 Å². The van der Waals surface area contributed by atoms with Crippen LogP contribution in [0.2, 0.25) is 0 Å². The van der Waals surface area contributed by atoms with Crippen LogP contribution in [0.5, 0.6) is 0 Å². The number of amides is 3. The highest BCUT2D eigenvalue weighted by atomic mass is 16.7. The zero-order valence-electron chi connectivity index (χ0n) is 91.2. The minimum absolute atomic E-state index is 0.00194. The monoisotopic (exact) mass is 1950 g/mol. The molecule has 1 unspecified atom stereocenters. The van der Waals surface area contributed by atoms with Gasteiger partial charge in [-0.3, -0.25) is 4.79 Å². The number of fused-ring (bicyclic) bond motifs is 14. The first-order valence-corrected chi connectivity index (χ1v) is 52.0. The fraction of sp³-hybridized carbons (Fsp3) is 0.873. The van der Waals surface area contributed by atoms with Crippen molar-refractivity contribution in [3.8, 4) is 0 Å². The molecule has 0 radical (unpaired) electrons. The van der Waals surface area contributed by atoms with Crippen LogP contribution >= 0.6 is 0 Å². The van der Waals surface area contributed by atoms with Gasteiger partial charge in [0.05, 0.1) is 103 Å². The minimum atomic E-state index is -1.67. The van der Waals surface area contributed by atoms with Crippen LogP contribution in [0.15, 0.2) is 46.1 Å². The molecular formula is C110H183N3O25. The van der Waals surface area contributed by atoms with E-state index in [2.05, 4.69) is 133 Å². The quantitative estimate of drug-likeness (QED) is 0.0325. The summed E-state index contributed by atoms with van der Waals surface area (Å²) in [5.41, 5.74) is -5.54. The summed E-state index contributed by atoms with van der Waals surface area (Å²) in [6.07, 6.45) is -5.65. The SMILES string of the molecule is C=CC1O[C@H]2C[C@H]3OC[C@@]3(C)[C@H]3[C@H](C)[C@]4(O)C[C@H](OC(=O)[C@H](O)[C@H](CC(C)C)NC(=O)OC(C)(C)C)C(C)=C([C@H](C)[C@H](O1)[C@]23C)C4(C)C.CC1=C2[C@H](C)[C@H](O)[C@@]3(C)[C@H]([C@H](C)[C@](O)(C[C@@H]1OC(=O)[C@H](C)[C@H](CC(C)C)NC(=O)OC(C)(C)C)C2(C)C)[C@]1(C)CO[C@@H]1C[C@@H]3C.CC1=C2[C@H](C)[C@H](O)[C@@]3(C)[C@H]([C@H](C)[C@](O)(C[C@@H]1OC(=O)[C@H](O)[C@H](CC(C)C)NC(=O)OC(C)(C)C)C2(C)C)[C@]1(C)CO[C@@H]1C[C@@H]3O. The van der Waals surface area contributed by atoms with Crippen LogP contribution in [0, 0.1) is 132 Å².